The molecule has 1 amide bonds. The monoisotopic (exact) mass is 555 g/mol. The SMILES string of the molecule is CC(=O)N[C@@H]1CCN(c2ccc(C(F)(F)F)c(-n3nc(-c4cc(C)cc(C)c4)c4c(c3=O)N(CCO)CC4)c2)C1. The molecule has 0 spiro atoms. The molecule has 11 heteroatoms. The molecule has 0 aliphatic carbocycles. The van der Waals surface area contributed by atoms with Crippen molar-refractivity contribution in [2.24, 2.45) is 0 Å². The Labute approximate surface area is 230 Å². The zero-order valence-corrected chi connectivity index (χ0v) is 22.7. The van der Waals surface area contributed by atoms with E-state index in [2.05, 4.69) is 10.4 Å². The van der Waals surface area contributed by atoms with Gasteiger partial charge in [-0.05, 0) is 57.0 Å². The number of nitrogens with zero attached hydrogens (tertiary/aromatic N) is 4. The highest BCUT2D eigenvalue weighted by Gasteiger charge is 2.37. The van der Waals surface area contributed by atoms with E-state index in [1.165, 1.54) is 19.1 Å². The Balaban J connectivity index is 1.72. The number of aliphatic hydroxyl groups is 1. The highest BCUT2D eigenvalue weighted by atomic mass is 19.4. The van der Waals surface area contributed by atoms with E-state index in [1.807, 2.05) is 36.9 Å². The van der Waals surface area contributed by atoms with Crippen LogP contribution in [0.2, 0.25) is 0 Å². The van der Waals surface area contributed by atoms with Crippen LogP contribution in [0.4, 0.5) is 24.5 Å². The van der Waals surface area contributed by atoms with Crippen LogP contribution >= 0.6 is 0 Å². The van der Waals surface area contributed by atoms with Crippen molar-refractivity contribution < 1.29 is 23.1 Å². The smallest absolute Gasteiger partial charge is 0.395 e. The number of aryl methyl sites for hydroxylation is 2. The largest absolute Gasteiger partial charge is 0.418 e. The van der Waals surface area contributed by atoms with Crippen LogP contribution in [0.1, 0.15) is 35.6 Å². The van der Waals surface area contributed by atoms with Gasteiger partial charge in [0, 0.05) is 56.0 Å². The van der Waals surface area contributed by atoms with Gasteiger partial charge in [-0.2, -0.15) is 23.0 Å². The van der Waals surface area contributed by atoms with Gasteiger partial charge in [0.15, 0.2) is 0 Å². The summed E-state index contributed by atoms with van der Waals surface area (Å²) in [5.74, 6) is -0.166. The van der Waals surface area contributed by atoms with Gasteiger partial charge >= 0.3 is 6.18 Å². The lowest BCUT2D eigenvalue weighted by Gasteiger charge is -2.23. The molecule has 2 aromatic carbocycles. The number of rotatable bonds is 6. The summed E-state index contributed by atoms with van der Waals surface area (Å²) in [4.78, 5) is 29.0. The minimum Gasteiger partial charge on any atom is -0.395 e. The van der Waals surface area contributed by atoms with Crippen LogP contribution in [-0.2, 0) is 17.4 Å². The number of aliphatic hydroxyl groups excluding tert-OH is 1. The van der Waals surface area contributed by atoms with E-state index in [1.54, 1.807) is 4.90 Å². The predicted molar refractivity (Wildman–Crippen MR) is 147 cm³/mol. The fraction of sp³-hybridized carbons (Fsp3) is 0.414. The Morgan fingerprint density at radius 2 is 1.85 bits per heavy atom. The maximum atomic E-state index is 14.3. The van der Waals surface area contributed by atoms with Gasteiger partial charge in [-0.3, -0.25) is 9.59 Å². The van der Waals surface area contributed by atoms with Crippen LogP contribution in [0.15, 0.2) is 41.2 Å². The molecule has 212 valence electrons. The van der Waals surface area contributed by atoms with Crippen molar-refractivity contribution in [3.8, 4) is 16.9 Å². The fourth-order valence-corrected chi connectivity index (χ4v) is 5.85. The lowest BCUT2D eigenvalue weighted by Crippen LogP contribution is -2.35. The number of carbonyl (C=O) groups excluding carboxylic acids is 1. The Bertz CT molecular complexity index is 1500. The number of halogens is 3. The Kier molecular flexibility index (Phi) is 7.34. The van der Waals surface area contributed by atoms with E-state index in [-0.39, 0.29) is 36.5 Å². The highest BCUT2D eigenvalue weighted by Crippen LogP contribution is 2.38. The molecule has 2 aliphatic heterocycles. The molecule has 0 radical (unpaired) electrons. The van der Waals surface area contributed by atoms with Crippen LogP contribution in [0, 0.1) is 13.8 Å². The molecular formula is C29H32F3N5O3. The summed E-state index contributed by atoms with van der Waals surface area (Å²) in [6.07, 6.45) is -3.59. The minimum absolute atomic E-state index is 0.118. The summed E-state index contributed by atoms with van der Waals surface area (Å²) >= 11 is 0. The number of alkyl halides is 3. The molecule has 8 nitrogen and oxygen atoms in total. The van der Waals surface area contributed by atoms with Gasteiger partial charge < -0.3 is 20.2 Å². The van der Waals surface area contributed by atoms with E-state index >= 15 is 0 Å². The molecule has 2 aliphatic rings. The summed E-state index contributed by atoms with van der Waals surface area (Å²) in [5, 5.41) is 17.1. The average Bonchev–Trinajstić information content (AvgIpc) is 3.50. The number of nitrogens with one attached hydrogen (secondary N) is 1. The van der Waals surface area contributed by atoms with Crippen molar-refractivity contribution in [1.82, 2.24) is 15.1 Å². The molecule has 3 aromatic rings. The second kappa shape index (κ2) is 10.6. The molecule has 1 fully saturated rings. The molecule has 1 atom stereocenters. The number of hydrogen-bond donors (Lipinski definition) is 2. The van der Waals surface area contributed by atoms with E-state index in [9.17, 15) is 27.9 Å². The third-order valence-electron chi connectivity index (χ3n) is 7.46. The quantitative estimate of drug-likeness (QED) is 0.483. The second-order valence-electron chi connectivity index (χ2n) is 10.6. The van der Waals surface area contributed by atoms with Gasteiger partial charge in [0.25, 0.3) is 5.56 Å². The van der Waals surface area contributed by atoms with Crippen molar-refractivity contribution in [3.63, 3.8) is 0 Å². The molecule has 2 N–H and O–H groups in total. The first-order valence-electron chi connectivity index (χ1n) is 13.3. The molecule has 0 unspecified atom stereocenters. The van der Waals surface area contributed by atoms with Crippen LogP contribution in [0.25, 0.3) is 16.9 Å². The topological polar surface area (TPSA) is 90.7 Å². The summed E-state index contributed by atoms with van der Waals surface area (Å²) in [5.41, 5.74) is 2.56. The minimum atomic E-state index is -4.73. The van der Waals surface area contributed by atoms with Gasteiger partial charge in [-0.25, -0.2) is 0 Å². The standard InChI is InChI=1S/C29H32F3N5O3/c1-17-12-18(2)14-20(13-17)26-23-7-9-35(10-11-38)27(23)28(40)37(34-26)25-15-22(4-5-24(25)29(30,31)32)36-8-6-21(16-36)33-19(3)39/h4-5,12-15,21,38H,6-11,16H2,1-3H3,(H,33,39)/t21-/m1/s1. The predicted octanol–water partition coefficient (Wildman–Crippen LogP) is 3.60. The van der Waals surface area contributed by atoms with E-state index < -0.39 is 17.3 Å². The van der Waals surface area contributed by atoms with Gasteiger partial charge in [-0.1, -0.05) is 17.2 Å². The summed E-state index contributed by atoms with van der Waals surface area (Å²) < 4.78 is 43.9. The first-order chi connectivity index (χ1) is 19.0. The third kappa shape index (κ3) is 5.30. The zero-order valence-electron chi connectivity index (χ0n) is 22.7. The van der Waals surface area contributed by atoms with E-state index in [4.69, 9.17) is 0 Å². The van der Waals surface area contributed by atoms with E-state index in [0.29, 0.717) is 49.4 Å². The van der Waals surface area contributed by atoms with Crippen LogP contribution < -0.4 is 20.7 Å². The first kappa shape index (κ1) is 27.7. The molecule has 0 saturated carbocycles. The number of anilines is 2. The van der Waals surface area contributed by atoms with Gasteiger partial charge in [-0.15, -0.1) is 0 Å². The maximum Gasteiger partial charge on any atom is 0.418 e. The maximum absolute atomic E-state index is 14.3. The normalized spacial score (nSPS) is 16.9. The molecule has 3 heterocycles. The number of aromatic nitrogens is 2. The Morgan fingerprint density at radius 3 is 2.50 bits per heavy atom. The number of hydrogen-bond acceptors (Lipinski definition) is 6. The summed E-state index contributed by atoms with van der Waals surface area (Å²) in [6.45, 7) is 6.71. The molecule has 40 heavy (non-hydrogen) atoms. The number of amides is 1. The molecule has 1 aromatic heterocycles. The first-order valence-corrected chi connectivity index (χ1v) is 13.3. The Morgan fingerprint density at radius 1 is 1.12 bits per heavy atom. The van der Waals surface area contributed by atoms with Crippen molar-refractivity contribution in [1.29, 1.82) is 0 Å². The van der Waals surface area contributed by atoms with Crippen LogP contribution in [0.3, 0.4) is 0 Å². The Hall–Kier alpha value is -3.86. The van der Waals surface area contributed by atoms with Crippen molar-refractivity contribution in [2.45, 2.75) is 45.8 Å². The van der Waals surface area contributed by atoms with Gasteiger partial charge in [0.05, 0.1) is 23.6 Å². The van der Waals surface area contributed by atoms with Crippen LogP contribution in [-0.4, -0.2) is 59.6 Å². The lowest BCUT2D eigenvalue weighted by atomic mass is 10.0. The van der Waals surface area contributed by atoms with E-state index in [0.717, 1.165) is 27.4 Å². The second-order valence-corrected chi connectivity index (χ2v) is 10.6. The highest BCUT2D eigenvalue weighted by molar-refractivity contribution is 5.75. The van der Waals surface area contributed by atoms with Crippen LogP contribution in [0.5, 0.6) is 0 Å². The van der Waals surface area contributed by atoms with Crippen molar-refractivity contribution in [2.75, 3.05) is 42.6 Å². The number of benzene rings is 2. The summed E-state index contributed by atoms with van der Waals surface area (Å²) in [7, 11) is 0. The molecular weight excluding hydrogens is 523 g/mol. The lowest BCUT2D eigenvalue weighted by molar-refractivity contribution is -0.137. The molecule has 5 rings (SSSR count). The fourth-order valence-electron chi connectivity index (χ4n) is 5.85. The number of carbonyl (C=O) groups is 1. The number of β-amino-alcohol motifs (C(OH)–C–C–N with tert-alkyl or cyclic N) is 1. The third-order valence-corrected chi connectivity index (χ3v) is 7.46. The summed E-state index contributed by atoms with van der Waals surface area (Å²) in [6, 6.07) is 9.43. The zero-order chi connectivity index (χ0) is 28.8. The van der Waals surface area contributed by atoms with Gasteiger partial charge in [0.2, 0.25) is 5.91 Å². The van der Waals surface area contributed by atoms with Crippen molar-refractivity contribution in [3.05, 3.63) is 69.0 Å². The van der Waals surface area contributed by atoms with Crippen molar-refractivity contribution >= 4 is 17.3 Å². The number of fused-ring (bicyclic) bond motifs is 1. The average molecular weight is 556 g/mol. The van der Waals surface area contributed by atoms with Gasteiger partial charge in [0.1, 0.15) is 5.69 Å². The molecule has 0 bridgehead atoms. The molecule has 1 saturated heterocycles.